The number of hydrogen-bond donors (Lipinski definition) is 1. The number of fused-ring (bicyclic) bond motifs is 1. The first-order chi connectivity index (χ1) is 7.09. The van der Waals surface area contributed by atoms with Crippen molar-refractivity contribution >= 4 is 28.2 Å². The van der Waals surface area contributed by atoms with Gasteiger partial charge in [-0.25, -0.2) is 0 Å². The number of para-hydroxylation sites is 1. The molecule has 1 aromatic heterocycles. The number of nitro benzene ring substituents is 1. The van der Waals surface area contributed by atoms with Gasteiger partial charge in [0.2, 0.25) is 0 Å². The molecule has 0 saturated carbocycles. The van der Waals surface area contributed by atoms with E-state index in [9.17, 15) is 14.9 Å². The Kier molecular flexibility index (Phi) is 2.17. The molecular formula is C9H5ClN2O3. The van der Waals surface area contributed by atoms with Crippen molar-refractivity contribution in [2.45, 2.75) is 0 Å². The highest BCUT2D eigenvalue weighted by Gasteiger charge is 2.12. The number of benzene rings is 1. The van der Waals surface area contributed by atoms with E-state index >= 15 is 0 Å². The zero-order valence-electron chi connectivity index (χ0n) is 7.36. The van der Waals surface area contributed by atoms with Crippen LogP contribution in [0.15, 0.2) is 29.1 Å². The van der Waals surface area contributed by atoms with Crippen molar-refractivity contribution in [1.29, 1.82) is 0 Å². The summed E-state index contributed by atoms with van der Waals surface area (Å²) < 4.78 is 0. The molecule has 0 amide bonds. The lowest BCUT2D eigenvalue weighted by Crippen LogP contribution is -2.06. The molecule has 2 aromatic rings. The fourth-order valence-corrected chi connectivity index (χ4v) is 1.51. The van der Waals surface area contributed by atoms with Crippen LogP contribution >= 0.6 is 11.6 Å². The minimum atomic E-state index is -0.549. The van der Waals surface area contributed by atoms with E-state index < -0.39 is 10.5 Å². The third-order valence-corrected chi connectivity index (χ3v) is 2.29. The van der Waals surface area contributed by atoms with E-state index in [0.717, 1.165) is 0 Å². The van der Waals surface area contributed by atoms with Crippen LogP contribution in [0.3, 0.4) is 0 Å². The minimum Gasteiger partial charge on any atom is -0.315 e. The zero-order chi connectivity index (χ0) is 11.0. The van der Waals surface area contributed by atoms with E-state index in [1.165, 1.54) is 18.2 Å². The van der Waals surface area contributed by atoms with E-state index in [0.29, 0.717) is 5.39 Å². The summed E-state index contributed by atoms with van der Waals surface area (Å²) in [6.07, 6.45) is 0. The lowest BCUT2D eigenvalue weighted by atomic mass is 10.2. The molecule has 0 unspecified atom stereocenters. The summed E-state index contributed by atoms with van der Waals surface area (Å²) >= 11 is 5.61. The summed E-state index contributed by atoms with van der Waals surface area (Å²) in [5.74, 6) is 0. The molecule has 2 rings (SSSR count). The highest BCUT2D eigenvalue weighted by molar-refractivity contribution is 6.31. The van der Waals surface area contributed by atoms with Crippen molar-refractivity contribution in [3.8, 4) is 0 Å². The van der Waals surface area contributed by atoms with E-state index in [1.54, 1.807) is 6.07 Å². The summed E-state index contributed by atoms with van der Waals surface area (Å²) in [5.41, 5.74) is -0.475. The van der Waals surface area contributed by atoms with E-state index in [-0.39, 0.29) is 16.2 Å². The molecule has 0 saturated heterocycles. The van der Waals surface area contributed by atoms with Gasteiger partial charge in [0.25, 0.3) is 11.2 Å². The molecule has 6 heteroatoms. The van der Waals surface area contributed by atoms with E-state index in [2.05, 4.69) is 4.98 Å². The second-order valence-corrected chi connectivity index (χ2v) is 3.35. The Labute approximate surface area is 88.5 Å². The number of aromatic amines is 1. The van der Waals surface area contributed by atoms with E-state index in [4.69, 9.17) is 11.6 Å². The van der Waals surface area contributed by atoms with Crippen LogP contribution in [0.5, 0.6) is 0 Å². The standard InChI is InChI=1S/C9H5ClN2O3/c10-6-4-5-2-1-3-7(12(14)15)8(5)11-9(6)13/h1-4H,(H,11,13). The van der Waals surface area contributed by atoms with Gasteiger partial charge in [-0.15, -0.1) is 0 Å². The van der Waals surface area contributed by atoms with Crippen molar-refractivity contribution in [1.82, 2.24) is 4.98 Å². The first-order valence-electron chi connectivity index (χ1n) is 4.05. The molecule has 15 heavy (non-hydrogen) atoms. The van der Waals surface area contributed by atoms with Gasteiger partial charge in [-0.3, -0.25) is 14.9 Å². The fraction of sp³-hybridized carbons (Fsp3) is 0. The molecule has 5 nitrogen and oxygen atoms in total. The van der Waals surface area contributed by atoms with Gasteiger partial charge in [-0.1, -0.05) is 23.7 Å². The average Bonchev–Trinajstić information content (AvgIpc) is 2.18. The summed E-state index contributed by atoms with van der Waals surface area (Å²) in [5, 5.41) is 11.2. The smallest absolute Gasteiger partial charge is 0.293 e. The van der Waals surface area contributed by atoms with Crippen LogP contribution in [0.2, 0.25) is 5.02 Å². The second kappa shape index (κ2) is 3.36. The Hall–Kier alpha value is -1.88. The van der Waals surface area contributed by atoms with Gasteiger partial charge < -0.3 is 4.98 Å². The number of nitro groups is 1. The SMILES string of the molecule is O=c1[nH]c2c([N+](=O)[O-])cccc2cc1Cl. The van der Waals surface area contributed by atoms with Crippen molar-refractivity contribution in [3.63, 3.8) is 0 Å². The maximum absolute atomic E-state index is 11.2. The first kappa shape index (κ1) is 9.67. The molecule has 76 valence electrons. The van der Waals surface area contributed by atoms with Gasteiger partial charge in [0.15, 0.2) is 0 Å². The number of nitrogens with one attached hydrogen (secondary N) is 1. The molecule has 1 N–H and O–H groups in total. The predicted molar refractivity (Wildman–Crippen MR) is 56.2 cm³/mol. The van der Waals surface area contributed by atoms with Gasteiger partial charge in [-0.05, 0) is 6.07 Å². The molecule has 0 atom stereocenters. The molecule has 0 spiro atoms. The largest absolute Gasteiger partial charge is 0.315 e. The van der Waals surface area contributed by atoms with Gasteiger partial charge in [0, 0.05) is 11.5 Å². The Morgan fingerprint density at radius 2 is 2.13 bits per heavy atom. The van der Waals surface area contributed by atoms with E-state index in [1.807, 2.05) is 0 Å². The molecule has 0 aliphatic carbocycles. The zero-order valence-corrected chi connectivity index (χ0v) is 8.12. The van der Waals surface area contributed by atoms with Crippen molar-refractivity contribution in [2.24, 2.45) is 0 Å². The third kappa shape index (κ3) is 1.57. The Morgan fingerprint density at radius 3 is 2.80 bits per heavy atom. The molecule has 0 fully saturated rings. The minimum absolute atomic E-state index is 0.0167. The number of H-pyrrole nitrogens is 1. The maximum Gasteiger partial charge on any atom is 0.293 e. The summed E-state index contributed by atoms with van der Waals surface area (Å²) in [4.78, 5) is 23.7. The number of non-ortho nitro benzene ring substituents is 1. The number of nitrogens with zero attached hydrogens (tertiary/aromatic N) is 1. The van der Waals surface area contributed by atoms with Crippen LogP contribution in [0.4, 0.5) is 5.69 Å². The van der Waals surface area contributed by atoms with Crippen LogP contribution in [0, 0.1) is 10.1 Å². The molecule has 1 heterocycles. The number of aromatic nitrogens is 1. The lowest BCUT2D eigenvalue weighted by Gasteiger charge is -1.99. The molecule has 0 aliphatic heterocycles. The monoisotopic (exact) mass is 224 g/mol. The highest BCUT2D eigenvalue weighted by Crippen LogP contribution is 2.23. The first-order valence-corrected chi connectivity index (χ1v) is 4.43. The Balaban J connectivity index is 2.92. The van der Waals surface area contributed by atoms with Crippen LogP contribution in [0.25, 0.3) is 10.9 Å². The van der Waals surface area contributed by atoms with Crippen molar-refractivity contribution < 1.29 is 4.92 Å². The lowest BCUT2D eigenvalue weighted by molar-refractivity contribution is -0.383. The maximum atomic E-state index is 11.2. The van der Waals surface area contributed by atoms with Gasteiger partial charge in [0.1, 0.15) is 10.5 Å². The third-order valence-electron chi connectivity index (χ3n) is 2.01. The highest BCUT2D eigenvalue weighted by atomic mass is 35.5. The predicted octanol–water partition coefficient (Wildman–Crippen LogP) is 2.09. The van der Waals surface area contributed by atoms with Gasteiger partial charge >= 0.3 is 0 Å². The van der Waals surface area contributed by atoms with Gasteiger partial charge in [0.05, 0.1) is 4.92 Å². The summed E-state index contributed by atoms with van der Waals surface area (Å²) in [7, 11) is 0. The topological polar surface area (TPSA) is 76.0 Å². The summed E-state index contributed by atoms with van der Waals surface area (Å²) in [6, 6.07) is 5.91. The number of hydrogen-bond acceptors (Lipinski definition) is 3. The molecule has 0 radical (unpaired) electrons. The van der Waals surface area contributed by atoms with Crippen LogP contribution in [-0.2, 0) is 0 Å². The number of pyridine rings is 1. The van der Waals surface area contributed by atoms with Crippen LogP contribution in [0.1, 0.15) is 0 Å². The number of rotatable bonds is 1. The number of halogens is 1. The molecular weight excluding hydrogens is 220 g/mol. The molecule has 0 bridgehead atoms. The Morgan fingerprint density at radius 1 is 1.40 bits per heavy atom. The molecule has 1 aromatic carbocycles. The fourth-order valence-electron chi connectivity index (χ4n) is 1.34. The Bertz CT molecular complexity index is 606. The normalized spacial score (nSPS) is 10.5. The van der Waals surface area contributed by atoms with Crippen molar-refractivity contribution in [2.75, 3.05) is 0 Å². The quantitative estimate of drug-likeness (QED) is 0.595. The van der Waals surface area contributed by atoms with Crippen molar-refractivity contribution in [3.05, 3.63) is 49.8 Å². The van der Waals surface area contributed by atoms with Gasteiger partial charge in [-0.2, -0.15) is 0 Å². The average molecular weight is 225 g/mol. The summed E-state index contributed by atoms with van der Waals surface area (Å²) in [6.45, 7) is 0. The van der Waals surface area contributed by atoms with Crippen LogP contribution < -0.4 is 5.56 Å². The molecule has 0 aliphatic rings. The van der Waals surface area contributed by atoms with Crippen LogP contribution in [-0.4, -0.2) is 9.91 Å². The second-order valence-electron chi connectivity index (χ2n) is 2.94.